The summed E-state index contributed by atoms with van der Waals surface area (Å²) in [4.78, 5) is 0. The Bertz CT molecular complexity index is 488. The highest BCUT2D eigenvalue weighted by molar-refractivity contribution is 7.89. The Balaban J connectivity index is 2.10. The van der Waals surface area contributed by atoms with E-state index in [4.69, 9.17) is 0 Å². The molecule has 5 heteroatoms. The minimum Gasteiger partial charge on any atom is -0.396 e. The second-order valence-corrected chi connectivity index (χ2v) is 10.8. The van der Waals surface area contributed by atoms with E-state index in [-0.39, 0.29) is 28.6 Å². The molecule has 21 heavy (non-hydrogen) atoms. The van der Waals surface area contributed by atoms with Gasteiger partial charge in [0.25, 0.3) is 0 Å². The summed E-state index contributed by atoms with van der Waals surface area (Å²) < 4.78 is 27.1. The fourth-order valence-corrected chi connectivity index (χ4v) is 6.43. The van der Waals surface area contributed by atoms with E-state index in [0.717, 1.165) is 19.3 Å². The quantitative estimate of drug-likeness (QED) is 0.866. The third-order valence-electron chi connectivity index (χ3n) is 5.82. The Labute approximate surface area is 130 Å². The second kappa shape index (κ2) is 5.20. The molecule has 1 aliphatic carbocycles. The van der Waals surface area contributed by atoms with Gasteiger partial charge in [-0.3, -0.25) is 0 Å². The van der Waals surface area contributed by atoms with Crippen LogP contribution in [0.25, 0.3) is 0 Å². The standard InChI is InChI=1S/C16H31NO3S/c1-13-8-15(5,9-13)12-21(19,20)17-7-6-16(10-17,11-18)14(2,3)4/h13,18H,6-12H2,1-5H3. The summed E-state index contributed by atoms with van der Waals surface area (Å²) in [6, 6.07) is 0. The van der Waals surface area contributed by atoms with Gasteiger partial charge in [0.1, 0.15) is 0 Å². The number of aliphatic hydroxyl groups is 1. The van der Waals surface area contributed by atoms with Crippen LogP contribution in [0.5, 0.6) is 0 Å². The SMILES string of the molecule is CC1CC(C)(CS(=O)(=O)N2CCC(CO)(C(C)(C)C)C2)C1. The maximum Gasteiger partial charge on any atom is 0.214 e. The Morgan fingerprint density at radius 3 is 2.24 bits per heavy atom. The van der Waals surface area contributed by atoms with Gasteiger partial charge in [-0.05, 0) is 36.0 Å². The molecule has 1 aliphatic heterocycles. The third-order valence-corrected chi connectivity index (χ3v) is 7.98. The Morgan fingerprint density at radius 2 is 1.86 bits per heavy atom. The highest BCUT2D eigenvalue weighted by Gasteiger charge is 2.51. The lowest BCUT2D eigenvalue weighted by molar-refractivity contribution is 0.0291. The Hall–Kier alpha value is -0.130. The second-order valence-electron chi connectivity index (χ2n) is 8.85. The van der Waals surface area contributed by atoms with Gasteiger partial charge >= 0.3 is 0 Å². The molecule has 0 bridgehead atoms. The molecule has 0 radical (unpaired) electrons. The topological polar surface area (TPSA) is 57.6 Å². The molecule has 2 fully saturated rings. The zero-order valence-electron chi connectivity index (χ0n) is 14.1. The van der Waals surface area contributed by atoms with Crippen LogP contribution >= 0.6 is 0 Å². The van der Waals surface area contributed by atoms with Crippen molar-refractivity contribution in [1.82, 2.24) is 4.31 Å². The average Bonchev–Trinajstić information content (AvgIpc) is 2.71. The fourth-order valence-electron chi connectivity index (χ4n) is 4.32. The Kier molecular flexibility index (Phi) is 4.27. The maximum atomic E-state index is 12.7. The number of sulfonamides is 1. The molecule has 1 heterocycles. The van der Waals surface area contributed by atoms with Crippen LogP contribution in [0.1, 0.15) is 53.9 Å². The van der Waals surface area contributed by atoms with E-state index >= 15 is 0 Å². The van der Waals surface area contributed by atoms with Crippen LogP contribution in [0.4, 0.5) is 0 Å². The van der Waals surface area contributed by atoms with Gasteiger partial charge < -0.3 is 5.11 Å². The lowest BCUT2D eigenvalue weighted by atomic mass is 9.65. The van der Waals surface area contributed by atoms with Gasteiger partial charge in [-0.25, -0.2) is 12.7 Å². The summed E-state index contributed by atoms with van der Waals surface area (Å²) in [6.45, 7) is 11.6. The predicted molar refractivity (Wildman–Crippen MR) is 85.5 cm³/mol. The van der Waals surface area contributed by atoms with Crippen molar-refractivity contribution in [2.24, 2.45) is 22.2 Å². The number of hydrogen-bond acceptors (Lipinski definition) is 3. The number of nitrogens with zero attached hydrogens (tertiary/aromatic N) is 1. The molecule has 1 atom stereocenters. The van der Waals surface area contributed by atoms with Crippen LogP contribution in [0.15, 0.2) is 0 Å². The third kappa shape index (κ3) is 3.15. The first-order valence-electron chi connectivity index (χ1n) is 8.02. The summed E-state index contributed by atoms with van der Waals surface area (Å²) in [5.74, 6) is 0.908. The van der Waals surface area contributed by atoms with Gasteiger partial charge in [0, 0.05) is 18.5 Å². The minimum absolute atomic E-state index is 0.0511. The molecule has 2 rings (SSSR count). The van der Waals surface area contributed by atoms with Gasteiger partial charge in [0.15, 0.2) is 0 Å². The van der Waals surface area contributed by atoms with Crippen molar-refractivity contribution in [2.75, 3.05) is 25.4 Å². The molecule has 1 unspecified atom stereocenters. The molecule has 4 nitrogen and oxygen atoms in total. The monoisotopic (exact) mass is 317 g/mol. The van der Waals surface area contributed by atoms with E-state index in [2.05, 4.69) is 34.6 Å². The lowest BCUT2D eigenvalue weighted by Gasteiger charge is -2.44. The van der Waals surface area contributed by atoms with E-state index in [0.29, 0.717) is 19.0 Å². The van der Waals surface area contributed by atoms with Crippen LogP contribution < -0.4 is 0 Å². The first-order chi connectivity index (χ1) is 9.43. The maximum absolute atomic E-state index is 12.7. The van der Waals surface area contributed by atoms with E-state index < -0.39 is 10.0 Å². The van der Waals surface area contributed by atoms with Gasteiger partial charge in [-0.1, -0.05) is 34.6 Å². The molecule has 0 aromatic heterocycles. The van der Waals surface area contributed by atoms with Crippen LogP contribution in [0.2, 0.25) is 0 Å². The molecule has 0 aromatic rings. The Morgan fingerprint density at radius 1 is 1.29 bits per heavy atom. The van der Waals surface area contributed by atoms with Crippen molar-refractivity contribution in [3.8, 4) is 0 Å². The molecule has 0 amide bonds. The van der Waals surface area contributed by atoms with E-state index in [1.165, 1.54) is 0 Å². The number of aliphatic hydroxyl groups excluding tert-OH is 1. The van der Waals surface area contributed by atoms with Gasteiger partial charge in [-0.2, -0.15) is 0 Å². The highest BCUT2D eigenvalue weighted by Crippen LogP contribution is 2.49. The summed E-state index contributed by atoms with van der Waals surface area (Å²) in [5.41, 5.74) is -0.459. The zero-order chi connectivity index (χ0) is 16.1. The number of hydrogen-bond donors (Lipinski definition) is 1. The van der Waals surface area contributed by atoms with Crippen LogP contribution in [-0.2, 0) is 10.0 Å². The van der Waals surface area contributed by atoms with E-state index in [1.807, 2.05) is 0 Å². The molecule has 1 N–H and O–H groups in total. The van der Waals surface area contributed by atoms with Crippen molar-refractivity contribution in [3.63, 3.8) is 0 Å². The zero-order valence-corrected chi connectivity index (χ0v) is 15.0. The molecule has 124 valence electrons. The van der Waals surface area contributed by atoms with Crippen molar-refractivity contribution in [1.29, 1.82) is 0 Å². The molecule has 0 aromatic carbocycles. The largest absolute Gasteiger partial charge is 0.396 e. The predicted octanol–water partition coefficient (Wildman–Crippen LogP) is 2.48. The molecular weight excluding hydrogens is 286 g/mol. The van der Waals surface area contributed by atoms with Crippen molar-refractivity contribution >= 4 is 10.0 Å². The van der Waals surface area contributed by atoms with Crippen LogP contribution in [0.3, 0.4) is 0 Å². The van der Waals surface area contributed by atoms with Gasteiger partial charge in [-0.15, -0.1) is 0 Å². The first kappa shape index (κ1) is 17.2. The van der Waals surface area contributed by atoms with Crippen LogP contribution in [0, 0.1) is 22.2 Å². The normalized spacial score (nSPS) is 38.5. The fraction of sp³-hybridized carbons (Fsp3) is 1.00. The smallest absolute Gasteiger partial charge is 0.214 e. The summed E-state index contributed by atoms with van der Waals surface area (Å²) >= 11 is 0. The van der Waals surface area contributed by atoms with Crippen molar-refractivity contribution in [2.45, 2.75) is 53.9 Å². The van der Waals surface area contributed by atoms with Crippen LogP contribution in [-0.4, -0.2) is 43.3 Å². The highest BCUT2D eigenvalue weighted by atomic mass is 32.2. The van der Waals surface area contributed by atoms with E-state index in [1.54, 1.807) is 4.31 Å². The summed E-state index contributed by atoms with van der Waals surface area (Å²) in [7, 11) is -3.22. The molecule has 0 spiro atoms. The average molecular weight is 317 g/mol. The lowest BCUT2D eigenvalue weighted by Crippen LogP contribution is -2.46. The first-order valence-corrected chi connectivity index (χ1v) is 9.63. The molecule has 1 saturated carbocycles. The molecule has 1 saturated heterocycles. The molecule has 2 aliphatic rings. The minimum atomic E-state index is -3.22. The van der Waals surface area contributed by atoms with E-state index in [9.17, 15) is 13.5 Å². The summed E-state index contributed by atoms with van der Waals surface area (Å²) in [5, 5.41) is 9.84. The van der Waals surface area contributed by atoms with Crippen molar-refractivity contribution in [3.05, 3.63) is 0 Å². The van der Waals surface area contributed by atoms with Crippen molar-refractivity contribution < 1.29 is 13.5 Å². The number of rotatable bonds is 4. The van der Waals surface area contributed by atoms with Gasteiger partial charge in [0.2, 0.25) is 10.0 Å². The summed E-state index contributed by atoms with van der Waals surface area (Å²) in [6.07, 6.45) is 2.76. The molecular formula is C16H31NO3S. The van der Waals surface area contributed by atoms with Gasteiger partial charge in [0.05, 0.1) is 12.4 Å².